The van der Waals surface area contributed by atoms with E-state index in [1.165, 1.54) is 11.1 Å². The van der Waals surface area contributed by atoms with Crippen LogP contribution in [-0.2, 0) is 4.43 Å². The average Bonchev–Trinajstić information content (AvgIpc) is 2.25. The second-order valence-corrected chi connectivity index (χ2v) is 9.47. The van der Waals surface area contributed by atoms with Gasteiger partial charge in [-0.15, -0.1) is 0 Å². The van der Waals surface area contributed by atoms with Crippen LogP contribution in [0.15, 0.2) is 35.9 Å². The van der Waals surface area contributed by atoms with Crippen molar-refractivity contribution in [1.82, 2.24) is 0 Å². The van der Waals surface area contributed by atoms with E-state index in [1.807, 2.05) is 6.07 Å². The lowest BCUT2D eigenvalue weighted by Gasteiger charge is -2.24. The summed E-state index contributed by atoms with van der Waals surface area (Å²) >= 11 is 0. The zero-order chi connectivity index (χ0) is 12.2. The summed E-state index contributed by atoms with van der Waals surface area (Å²) in [4.78, 5) is 0. The number of rotatable bonds is 4. The highest BCUT2D eigenvalue weighted by atomic mass is 28.4. The molecule has 0 aromatic heterocycles. The minimum Gasteiger partial charge on any atom is -0.544 e. The number of hydrogen-bond donors (Lipinski definition) is 0. The van der Waals surface area contributed by atoms with Gasteiger partial charge in [0.15, 0.2) is 0 Å². The van der Waals surface area contributed by atoms with Crippen LogP contribution >= 0.6 is 0 Å². The molecule has 0 saturated carbocycles. The van der Waals surface area contributed by atoms with Gasteiger partial charge in [-0.1, -0.05) is 37.3 Å². The van der Waals surface area contributed by atoms with Crippen LogP contribution in [-0.4, -0.2) is 8.32 Å². The predicted octanol–water partition coefficient (Wildman–Crippen LogP) is 4.68. The molecule has 1 nitrogen and oxygen atoms in total. The van der Waals surface area contributed by atoms with E-state index in [0.29, 0.717) is 0 Å². The van der Waals surface area contributed by atoms with Crippen LogP contribution in [0.2, 0.25) is 19.6 Å². The van der Waals surface area contributed by atoms with Crippen molar-refractivity contribution in [3.8, 4) is 0 Å². The van der Waals surface area contributed by atoms with Gasteiger partial charge in [-0.2, -0.15) is 0 Å². The Morgan fingerprint density at radius 3 is 2.12 bits per heavy atom. The van der Waals surface area contributed by atoms with E-state index in [0.717, 1.165) is 12.2 Å². The quantitative estimate of drug-likeness (QED) is 0.543. The summed E-state index contributed by atoms with van der Waals surface area (Å²) in [6.45, 7) is 11.0. The van der Waals surface area contributed by atoms with Gasteiger partial charge in [0.2, 0.25) is 8.32 Å². The molecule has 0 unspecified atom stereocenters. The normalized spacial score (nSPS) is 13.3. The van der Waals surface area contributed by atoms with Crippen molar-refractivity contribution >= 4 is 14.1 Å². The molecule has 0 spiro atoms. The van der Waals surface area contributed by atoms with Crippen LogP contribution in [0.1, 0.15) is 25.8 Å². The Morgan fingerprint density at radius 2 is 1.69 bits per heavy atom. The molecule has 88 valence electrons. The monoisotopic (exact) mass is 234 g/mol. The van der Waals surface area contributed by atoms with Gasteiger partial charge < -0.3 is 4.43 Å². The van der Waals surface area contributed by atoms with Crippen molar-refractivity contribution in [2.45, 2.75) is 39.9 Å². The first kappa shape index (κ1) is 13.0. The zero-order valence-corrected chi connectivity index (χ0v) is 12.0. The summed E-state index contributed by atoms with van der Waals surface area (Å²) in [6, 6.07) is 10.4. The molecule has 16 heavy (non-hydrogen) atoms. The van der Waals surface area contributed by atoms with E-state index in [1.54, 1.807) is 0 Å². The van der Waals surface area contributed by atoms with Gasteiger partial charge >= 0.3 is 0 Å². The molecular formula is C14H22OSi. The van der Waals surface area contributed by atoms with Crippen LogP contribution in [0.3, 0.4) is 0 Å². The molecule has 0 saturated heterocycles. The average molecular weight is 234 g/mol. The molecule has 1 aromatic rings. The van der Waals surface area contributed by atoms with E-state index >= 15 is 0 Å². The molecule has 0 amide bonds. The van der Waals surface area contributed by atoms with Gasteiger partial charge in [-0.25, -0.2) is 0 Å². The Morgan fingerprint density at radius 1 is 1.12 bits per heavy atom. The molecule has 0 fully saturated rings. The van der Waals surface area contributed by atoms with E-state index in [2.05, 4.69) is 57.8 Å². The Hall–Kier alpha value is -1.02. The Kier molecular flexibility index (Phi) is 4.36. The van der Waals surface area contributed by atoms with Crippen molar-refractivity contribution in [2.24, 2.45) is 0 Å². The van der Waals surface area contributed by atoms with Gasteiger partial charge in [-0.05, 0) is 38.6 Å². The molecule has 1 aromatic carbocycles. The predicted molar refractivity (Wildman–Crippen MR) is 73.8 cm³/mol. The number of allylic oxidation sites excluding steroid dienone is 1. The number of hydrogen-bond acceptors (Lipinski definition) is 1. The van der Waals surface area contributed by atoms with Gasteiger partial charge in [-0.3, -0.25) is 0 Å². The molecule has 0 atom stereocenters. The molecule has 0 aliphatic carbocycles. The standard InChI is InChI=1S/C14H22OSi/c1-6-12(2)14(15-16(3,4)5)13-10-8-7-9-11-13/h7-11H,6H2,1-5H3/b14-12+. The van der Waals surface area contributed by atoms with Crippen LogP contribution in [0, 0.1) is 0 Å². The Bertz CT molecular complexity index is 360. The van der Waals surface area contributed by atoms with Crippen LogP contribution < -0.4 is 0 Å². The highest BCUT2D eigenvalue weighted by molar-refractivity contribution is 6.70. The van der Waals surface area contributed by atoms with Crippen LogP contribution in [0.4, 0.5) is 0 Å². The summed E-state index contributed by atoms with van der Waals surface area (Å²) in [5, 5.41) is 0. The number of benzene rings is 1. The van der Waals surface area contributed by atoms with Crippen molar-refractivity contribution in [3.63, 3.8) is 0 Å². The highest BCUT2D eigenvalue weighted by Crippen LogP contribution is 2.25. The van der Waals surface area contributed by atoms with Gasteiger partial charge in [0.25, 0.3) is 0 Å². The molecule has 0 aliphatic heterocycles. The van der Waals surface area contributed by atoms with Gasteiger partial charge in [0, 0.05) is 5.56 Å². The summed E-state index contributed by atoms with van der Waals surface area (Å²) in [5.74, 6) is 1.09. The van der Waals surface area contributed by atoms with E-state index < -0.39 is 8.32 Å². The second-order valence-electron chi connectivity index (χ2n) is 5.04. The third-order valence-corrected chi connectivity index (χ3v) is 3.18. The van der Waals surface area contributed by atoms with Crippen molar-refractivity contribution in [1.29, 1.82) is 0 Å². The first-order valence-electron chi connectivity index (χ1n) is 5.88. The topological polar surface area (TPSA) is 9.23 Å². The van der Waals surface area contributed by atoms with Crippen molar-refractivity contribution < 1.29 is 4.43 Å². The maximum Gasteiger partial charge on any atom is 0.242 e. The first-order chi connectivity index (χ1) is 7.44. The van der Waals surface area contributed by atoms with Crippen molar-refractivity contribution in [3.05, 3.63) is 41.5 Å². The lowest BCUT2D eigenvalue weighted by atomic mass is 10.1. The fraction of sp³-hybridized carbons (Fsp3) is 0.429. The van der Waals surface area contributed by atoms with E-state index in [-0.39, 0.29) is 0 Å². The van der Waals surface area contributed by atoms with Crippen LogP contribution in [0.5, 0.6) is 0 Å². The van der Waals surface area contributed by atoms with Crippen molar-refractivity contribution in [2.75, 3.05) is 0 Å². The Labute approximate surface area is 100 Å². The SMILES string of the molecule is CC/C(C)=C(/O[Si](C)(C)C)c1ccccc1. The molecule has 2 heteroatoms. The fourth-order valence-corrected chi connectivity index (χ4v) is 2.35. The largest absolute Gasteiger partial charge is 0.544 e. The fourth-order valence-electron chi connectivity index (χ4n) is 1.45. The molecule has 0 N–H and O–H groups in total. The molecule has 1 rings (SSSR count). The summed E-state index contributed by atoms with van der Waals surface area (Å²) in [6.07, 6.45) is 1.04. The lowest BCUT2D eigenvalue weighted by Crippen LogP contribution is -2.24. The minimum absolute atomic E-state index is 1.04. The summed E-state index contributed by atoms with van der Waals surface area (Å²) < 4.78 is 6.20. The maximum atomic E-state index is 6.20. The Balaban J connectivity index is 3.08. The first-order valence-corrected chi connectivity index (χ1v) is 9.29. The lowest BCUT2D eigenvalue weighted by molar-refractivity contribution is 0.508. The molecule has 0 radical (unpaired) electrons. The van der Waals surface area contributed by atoms with Gasteiger partial charge in [0.1, 0.15) is 5.76 Å². The smallest absolute Gasteiger partial charge is 0.242 e. The molecule has 0 heterocycles. The molecule has 0 bridgehead atoms. The zero-order valence-electron chi connectivity index (χ0n) is 11.0. The summed E-state index contributed by atoms with van der Waals surface area (Å²) in [7, 11) is -1.54. The highest BCUT2D eigenvalue weighted by Gasteiger charge is 2.19. The molecular weight excluding hydrogens is 212 g/mol. The third-order valence-electron chi connectivity index (χ3n) is 2.36. The summed E-state index contributed by atoms with van der Waals surface area (Å²) in [5.41, 5.74) is 2.53. The third kappa shape index (κ3) is 3.85. The van der Waals surface area contributed by atoms with Crippen LogP contribution in [0.25, 0.3) is 5.76 Å². The second kappa shape index (κ2) is 5.35. The van der Waals surface area contributed by atoms with E-state index in [9.17, 15) is 0 Å². The van der Waals surface area contributed by atoms with Gasteiger partial charge in [0.05, 0.1) is 0 Å². The minimum atomic E-state index is -1.54. The van der Waals surface area contributed by atoms with E-state index in [4.69, 9.17) is 4.43 Å². The maximum absolute atomic E-state index is 6.20. The molecule has 0 aliphatic rings.